The standard InChI is InChI=1S/C13H17N3O2S/c1-10-13(6-3-7-15-10)16-19(17,18)12-5-2-4-11(8-12)9-14/h2,4-5,8,10,13,15-16H,3,6-7H2,1H3. The van der Waals surface area contributed by atoms with E-state index in [9.17, 15) is 8.42 Å². The summed E-state index contributed by atoms with van der Waals surface area (Å²) in [6.45, 7) is 2.89. The average Bonchev–Trinajstić information content (AvgIpc) is 2.41. The Morgan fingerprint density at radius 3 is 2.95 bits per heavy atom. The highest BCUT2D eigenvalue weighted by molar-refractivity contribution is 7.89. The van der Waals surface area contributed by atoms with Gasteiger partial charge in [-0.1, -0.05) is 6.07 Å². The van der Waals surface area contributed by atoms with Crippen molar-refractivity contribution in [3.63, 3.8) is 0 Å². The highest BCUT2D eigenvalue weighted by Gasteiger charge is 2.26. The van der Waals surface area contributed by atoms with Crippen molar-refractivity contribution in [2.45, 2.75) is 36.7 Å². The van der Waals surface area contributed by atoms with Gasteiger partial charge in [-0.25, -0.2) is 13.1 Å². The van der Waals surface area contributed by atoms with E-state index in [2.05, 4.69) is 10.0 Å². The van der Waals surface area contributed by atoms with Gasteiger partial charge >= 0.3 is 0 Å². The van der Waals surface area contributed by atoms with Crippen LogP contribution in [0, 0.1) is 11.3 Å². The van der Waals surface area contributed by atoms with Gasteiger partial charge in [0.2, 0.25) is 10.0 Å². The first-order valence-electron chi connectivity index (χ1n) is 6.29. The Labute approximate surface area is 113 Å². The van der Waals surface area contributed by atoms with E-state index in [1.54, 1.807) is 12.1 Å². The molecule has 1 saturated heterocycles. The Balaban J connectivity index is 2.20. The van der Waals surface area contributed by atoms with Gasteiger partial charge in [0.15, 0.2) is 0 Å². The van der Waals surface area contributed by atoms with Crippen molar-refractivity contribution in [3.05, 3.63) is 29.8 Å². The molecule has 6 heteroatoms. The Morgan fingerprint density at radius 2 is 2.26 bits per heavy atom. The molecule has 1 aromatic rings. The van der Waals surface area contributed by atoms with Gasteiger partial charge in [0.1, 0.15) is 0 Å². The average molecular weight is 279 g/mol. The van der Waals surface area contributed by atoms with Crippen LogP contribution in [0.1, 0.15) is 25.3 Å². The van der Waals surface area contributed by atoms with Crippen LogP contribution in [-0.2, 0) is 10.0 Å². The van der Waals surface area contributed by atoms with Crippen LogP contribution in [0.15, 0.2) is 29.2 Å². The van der Waals surface area contributed by atoms with Gasteiger partial charge in [-0.15, -0.1) is 0 Å². The fraction of sp³-hybridized carbons (Fsp3) is 0.462. The summed E-state index contributed by atoms with van der Waals surface area (Å²) in [6, 6.07) is 8.02. The molecule has 0 aliphatic carbocycles. The number of nitriles is 1. The first kappa shape index (κ1) is 14.0. The highest BCUT2D eigenvalue weighted by Crippen LogP contribution is 2.15. The molecular weight excluding hydrogens is 262 g/mol. The Morgan fingerprint density at radius 1 is 1.47 bits per heavy atom. The Hall–Kier alpha value is -1.42. The molecule has 0 amide bonds. The van der Waals surface area contributed by atoms with Crippen molar-refractivity contribution in [2.75, 3.05) is 6.54 Å². The van der Waals surface area contributed by atoms with E-state index in [0.717, 1.165) is 19.4 Å². The third-order valence-electron chi connectivity index (χ3n) is 3.34. The molecule has 0 bridgehead atoms. The van der Waals surface area contributed by atoms with E-state index in [4.69, 9.17) is 5.26 Å². The second-order valence-electron chi connectivity index (χ2n) is 4.75. The number of piperidine rings is 1. The topological polar surface area (TPSA) is 82.0 Å². The van der Waals surface area contributed by atoms with Crippen molar-refractivity contribution >= 4 is 10.0 Å². The zero-order valence-corrected chi connectivity index (χ0v) is 11.6. The van der Waals surface area contributed by atoms with Crippen molar-refractivity contribution in [1.82, 2.24) is 10.0 Å². The normalized spacial score (nSPS) is 23.8. The summed E-state index contributed by atoms with van der Waals surface area (Å²) >= 11 is 0. The molecule has 19 heavy (non-hydrogen) atoms. The van der Waals surface area contributed by atoms with Gasteiger partial charge in [0.25, 0.3) is 0 Å². The van der Waals surface area contributed by atoms with Gasteiger partial charge in [0.05, 0.1) is 16.5 Å². The fourth-order valence-corrected chi connectivity index (χ4v) is 3.60. The molecule has 0 spiro atoms. The molecule has 2 N–H and O–H groups in total. The molecule has 0 radical (unpaired) electrons. The maximum Gasteiger partial charge on any atom is 0.240 e. The molecular formula is C13H17N3O2S. The molecule has 1 fully saturated rings. The van der Waals surface area contributed by atoms with Crippen molar-refractivity contribution in [1.29, 1.82) is 5.26 Å². The lowest BCUT2D eigenvalue weighted by Gasteiger charge is -2.30. The number of nitrogens with one attached hydrogen (secondary N) is 2. The Kier molecular flexibility index (Phi) is 4.20. The van der Waals surface area contributed by atoms with Crippen LogP contribution < -0.4 is 10.0 Å². The van der Waals surface area contributed by atoms with Crippen LogP contribution in [-0.4, -0.2) is 27.0 Å². The van der Waals surface area contributed by atoms with Gasteiger partial charge in [-0.3, -0.25) is 0 Å². The summed E-state index contributed by atoms with van der Waals surface area (Å²) in [7, 11) is -3.57. The summed E-state index contributed by atoms with van der Waals surface area (Å²) in [5.74, 6) is 0. The maximum absolute atomic E-state index is 12.3. The SMILES string of the molecule is CC1NCCCC1NS(=O)(=O)c1cccc(C#N)c1. The lowest BCUT2D eigenvalue weighted by atomic mass is 10.0. The first-order chi connectivity index (χ1) is 9.03. The molecule has 1 aliphatic rings. The van der Waals surface area contributed by atoms with E-state index in [1.165, 1.54) is 12.1 Å². The monoisotopic (exact) mass is 279 g/mol. The van der Waals surface area contributed by atoms with Crippen molar-refractivity contribution in [3.8, 4) is 6.07 Å². The molecule has 102 valence electrons. The first-order valence-corrected chi connectivity index (χ1v) is 7.77. The summed E-state index contributed by atoms with van der Waals surface area (Å²) in [6.07, 6.45) is 1.78. The predicted octanol–water partition coefficient (Wildman–Crippen LogP) is 0.977. The minimum atomic E-state index is -3.57. The van der Waals surface area contributed by atoms with Crippen molar-refractivity contribution < 1.29 is 8.42 Å². The maximum atomic E-state index is 12.3. The largest absolute Gasteiger partial charge is 0.313 e. The third kappa shape index (κ3) is 3.32. The Bertz CT molecular complexity index is 592. The van der Waals surface area contributed by atoms with E-state index in [0.29, 0.717) is 5.56 Å². The molecule has 2 unspecified atom stereocenters. The van der Waals surface area contributed by atoms with E-state index >= 15 is 0 Å². The molecule has 1 aromatic carbocycles. The molecule has 0 saturated carbocycles. The fourth-order valence-electron chi connectivity index (χ4n) is 2.21. The third-order valence-corrected chi connectivity index (χ3v) is 4.83. The van der Waals surface area contributed by atoms with Crippen molar-refractivity contribution in [2.24, 2.45) is 0 Å². The molecule has 1 aliphatic heterocycles. The van der Waals surface area contributed by atoms with Gasteiger partial charge in [-0.05, 0) is 44.5 Å². The van der Waals surface area contributed by atoms with Gasteiger partial charge in [0, 0.05) is 12.1 Å². The number of sulfonamides is 1. The summed E-state index contributed by atoms with van der Waals surface area (Å²) in [4.78, 5) is 0.143. The summed E-state index contributed by atoms with van der Waals surface area (Å²) < 4.78 is 27.2. The second-order valence-corrected chi connectivity index (χ2v) is 6.47. The van der Waals surface area contributed by atoms with Crippen LogP contribution in [0.2, 0.25) is 0 Å². The lowest BCUT2D eigenvalue weighted by molar-refractivity contribution is 0.349. The van der Waals surface area contributed by atoms with Crippen LogP contribution in [0.4, 0.5) is 0 Å². The number of nitrogens with zero attached hydrogens (tertiary/aromatic N) is 1. The molecule has 2 rings (SSSR count). The summed E-state index contributed by atoms with van der Waals surface area (Å²) in [5.41, 5.74) is 0.345. The van der Waals surface area contributed by atoms with Gasteiger partial charge in [-0.2, -0.15) is 5.26 Å². The number of hydrogen-bond acceptors (Lipinski definition) is 4. The van der Waals surface area contributed by atoms with E-state index < -0.39 is 10.0 Å². The number of benzene rings is 1. The quantitative estimate of drug-likeness (QED) is 0.864. The molecule has 2 atom stereocenters. The second kappa shape index (κ2) is 5.70. The number of rotatable bonds is 3. The summed E-state index contributed by atoms with van der Waals surface area (Å²) in [5, 5.41) is 12.1. The molecule has 1 heterocycles. The smallest absolute Gasteiger partial charge is 0.240 e. The van der Waals surface area contributed by atoms with Crippen LogP contribution in [0.25, 0.3) is 0 Å². The minimum absolute atomic E-state index is 0.107. The number of hydrogen-bond donors (Lipinski definition) is 2. The highest BCUT2D eigenvalue weighted by atomic mass is 32.2. The zero-order valence-electron chi connectivity index (χ0n) is 10.8. The molecule has 0 aromatic heterocycles. The minimum Gasteiger partial charge on any atom is -0.313 e. The lowest BCUT2D eigenvalue weighted by Crippen LogP contribution is -2.51. The van der Waals surface area contributed by atoms with E-state index in [1.807, 2.05) is 13.0 Å². The van der Waals surface area contributed by atoms with Crippen LogP contribution in [0.5, 0.6) is 0 Å². The molecule has 5 nitrogen and oxygen atoms in total. The zero-order chi connectivity index (χ0) is 13.9. The van der Waals surface area contributed by atoms with Crippen LogP contribution in [0.3, 0.4) is 0 Å². The van der Waals surface area contributed by atoms with E-state index in [-0.39, 0.29) is 17.0 Å². The predicted molar refractivity (Wildman–Crippen MR) is 72.0 cm³/mol. The van der Waals surface area contributed by atoms with Gasteiger partial charge < -0.3 is 5.32 Å². The van der Waals surface area contributed by atoms with Crippen LogP contribution >= 0.6 is 0 Å².